The van der Waals surface area contributed by atoms with Gasteiger partial charge in [0, 0.05) is 37.4 Å². The molecule has 0 atom stereocenters. The molecule has 134 valence electrons. The average molecular weight is 390 g/mol. The molecule has 0 radical (unpaired) electrons. The molecular formula is C18H17Cl2N5O. The highest BCUT2D eigenvalue weighted by molar-refractivity contribution is 6.36. The van der Waals surface area contributed by atoms with E-state index in [1.54, 1.807) is 36.5 Å². The van der Waals surface area contributed by atoms with Crippen molar-refractivity contribution in [3.05, 3.63) is 52.1 Å². The van der Waals surface area contributed by atoms with Crippen molar-refractivity contribution in [2.45, 2.75) is 0 Å². The van der Waals surface area contributed by atoms with E-state index in [1.807, 2.05) is 0 Å². The summed E-state index contributed by atoms with van der Waals surface area (Å²) in [5, 5.41) is 12.9. The normalized spacial score (nSPS) is 14.7. The van der Waals surface area contributed by atoms with E-state index in [-0.39, 0.29) is 12.5 Å². The fourth-order valence-electron chi connectivity index (χ4n) is 2.84. The Morgan fingerprint density at radius 3 is 2.69 bits per heavy atom. The monoisotopic (exact) mass is 389 g/mol. The smallest absolute Gasteiger partial charge is 0.238 e. The number of rotatable bonds is 4. The fraction of sp³-hybridized carbons (Fsp3) is 0.278. The summed E-state index contributed by atoms with van der Waals surface area (Å²) in [4.78, 5) is 20.7. The number of hydrogen-bond acceptors (Lipinski definition) is 5. The Morgan fingerprint density at radius 2 is 2.00 bits per heavy atom. The van der Waals surface area contributed by atoms with Crippen LogP contribution >= 0.6 is 23.2 Å². The van der Waals surface area contributed by atoms with Crippen LogP contribution in [0.15, 0.2) is 36.5 Å². The zero-order valence-corrected chi connectivity index (χ0v) is 15.5. The van der Waals surface area contributed by atoms with E-state index in [9.17, 15) is 10.1 Å². The Morgan fingerprint density at radius 1 is 1.23 bits per heavy atom. The lowest BCUT2D eigenvalue weighted by atomic mass is 10.2. The minimum Gasteiger partial charge on any atom is -0.353 e. The van der Waals surface area contributed by atoms with Gasteiger partial charge in [-0.05, 0) is 30.3 Å². The van der Waals surface area contributed by atoms with Gasteiger partial charge in [-0.3, -0.25) is 9.69 Å². The summed E-state index contributed by atoms with van der Waals surface area (Å²) < 4.78 is 0. The van der Waals surface area contributed by atoms with E-state index < -0.39 is 0 Å². The fourth-order valence-corrected chi connectivity index (χ4v) is 3.29. The van der Waals surface area contributed by atoms with Gasteiger partial charge in [0.2, 0.25) is 5.91 Å². The predicted molar refractivity (Wildman–Crippen MR) is 103 cm³/mol. The number of amides is 1. The van der Waals surface area contributed by atoms with E-state index in [0.717, 1.165) is 0 Å². The largest absolute Gasteiger partial charge is 0.353 e. The SMILES string of the molecule is N#Cc1cccnc1N1CCN(CC(=O)Nc2ccc(Cl)cc2Cl)CC1. The summed E-state index contributed by atoms with van der Waals surface area (Å²) in [6.07, 6.45) is 1.69. The predicted octanol–water partition coefficient (Wildman–Crippen LogP) is 3.02. The second kappa shape index (κ2) is 8.37. The van der Waals surface area contributed by atoms with Crippen molar-refractivity contribution < 1.29 is 4.79 Å². The second-order valence-corrected chi connectivity index (χ2v) is 6.77. The molecule has 1 aromatic heterocycles. The van der Waals surface area contributed by atoms with Gasteiger partial charge in [-0.15, -0.1) is 0 Å². The molecule has 1 aromatic carbocycles. The molecule has 26 heavy (non-hydrogen) atoms. The quantitative estimate of drug-likeness (QED) is 0.869. The van der Waals surface area contributed by atoms with Gasteiger partial charge in [0.05, 0.1) is 22.8 Å². The Balaban J connectivity index is 1.54. The van der Waals surface area contributed by atoms with Gasteiger partial charge in [0.15, 0.2) is 0 Å². The summed E-state index contributed by atoms with van der Waals surface area (Å²) in [5.41, 5.74) is 1.11. The van der Waals surface area contributed by atoms with Crippen molar-refractivity contribution in [1.82, 2.24) is 9.88 Å². The number of halogens is 2. The van der Waals surface area contributed by atoms with Crippen LogP contribution in [0.4, 0.5) is 11.5 Å². The van der Waals surface area contributed by atoms with Gasteiger partial charge in [0.25, 0.3) is 0 Å². The number of anilines is 2. The molecule has 0 saturated carbocycles. The molecule has 6 nitrogen and oxygen atoms in total. The molecule has 2 heterocycles. The number of nitrogens with one attached hydrogen (secondary N) is 1. The number of carbonyl (C=O) groups is 1. The van der Waals surface area contributed by atoms with Crippen LogP contribution in [0.2, 0.25) is 10.0 Å². The lowest BCUT2D eigenvalue weighted by molar-refractivity contribution is -0.117. The molecular weight excluding hydrogens is 373 g/mol. The van der Waals surface area contributed by atoms with Crippen LogP contribution in [-0.2, 0) is 4.79 Å². The second-order valence-electron chi connectivity index (χ2n) is 5.92. The van der Waals surface area contributed by atoms with E-state index in [1.165, 1.54) is 0 Å². The number of hydrogen-bond donors (Lipinski definition) is 1. The van der Waals surface area contributed by atoms with Crippen LogP contribution in [0.1, 0.15) is 5.56 Å². The maximum atomic E-state index is 12.3. The van der Waals surface area contributed by atoms with Crippen LogP contribution < -0.4 is 10.2 Å². The zero-order valence-electron chi connectivity index (χ0n) is 14.0. The molecule has 0 aliphatic carbocycles. The van der Waals surface area contributed by atoms with E-state index >= 15 is 0 Å². The third-order valence-corrected chi connectivity index (χ3v) is 4.70. The molecule has 2 aromatic rings. The third kappa shape index (κ3) is 4.44. The van der Waals surface area contributed by atoms with Crippen LogP contribution in [0, 0.1) is 11.3 Å². The molecule has 1 aliphatic heterocycles. The van der Waals surface area contributed by atoms with E-state index in [2.05, 4.69) is 26.2 Å². The first-order valence-electron chi connectivity index (χ1n) is 8.14. The van der Waals surface area contributed by atoms with Crippen molar-refractivity contribution >= 4 is 40.6 Å². The third-order valence-electron chi connectivity index (χ3n) is 4.15. The standard InChI is InChI=1S/C18H17Cl2N5O/c19-14-3-4-16(15(20)10-14)23-17(26)12-24-6-8-25(9-7-24)18-13(11-21)2-1-5-22-18/h1-5,10H,6-9,12H2,(H,23,26). The molecule has 0 unspecified atom stereocenters. The lowest BCUT2D eigenvalue weighted by Crippen LogP contribution is -2.49. The number of carbonyl (C=O) groups excluding carboxylic acids is 1. The van der Waals surface area contributed by atoms with Crippen molar-refractivity contribution in [3.63, 3.8) is 0 Å². The van der Waals surface area contributed by atoms with Crippen molar-refractivity contribution in [3.8, 4) is 6.07 Å². The van der Waals surface area contributed by atoms with Crippen LogP contribution in [0.25, 0.3) is 0 Å². The maximum absolute atomic E-state index is 12.3. The number of nitrogens with zero attached hydrogens (tertiary/aromatic N) is 4. The highest BCUT2D eigenvalue weighted by Crippen LogP contribution is 2.25. The molecule has 0 bridgehead atoms. The number of pyridine rings is 1. The van der Waals surface area contributed by atoms with Crippen molar-refractivity contribution in [2.24, 2.45) is 0 Å². The zero-order chi connectivity index (χ0) is 18.5. The Labute approximate surface area is 161 Å². The average Bonchev–Trinajstić information content (AvgIpc) is 2.64. The van der Waals surface area contributed by atoms with Gasteiger partial charge in [-0.25, -0.2) is 4.98 Å². The molecule has 1 amide bonds. The maximum Gasteiger partial charge on any atom is 0.238 e. The molecule has 0 spiro atoms. The summed E-state index contributed by atoms with van der Waals surface area (Å²) in [6, 6.07) is 10.6. The highest BCUT2D eigenvalue weighted by atomic mass is 35.5. The summed E-state index contributed by atoms with van der Waals surface area (Å²) >= 11 is 11.9. The molecule has 1 aliphatic rings. The van der Waals surface area contributed by atoms with Gasteiger partial charge in [-0.1, -0.05) is 23.2 Å². The van der Waals surface area contributed by atoms with Crippen LogP contribution in [-0.4, -0.2) is 48.5 Å². The van der Waals surface area contributed by atoms with Crippen LogP contribution in [0.3, 0.4) is 0 Å². The van der Waals surface area contributed by atoms with Gasteiger partial charge in [0.1, 0.15) is 11.9 Å². The molecule has 1 saturated heterocycles. The first kappa shape index (κ1) is 18.5. The van der Waals surface area contributed by atoms with Gasteiger partial charge >= 0.3 is 0 Å². The first-order chi connectivity index (χ1) is 12.6. The number of piperazine rings is 1. The Kier molecular flexibility index (Phi) is 5.94. The molecule has 3 rings (SSSR count). The number of nitriles is 1. The summed E-state index contributed by atoms with van der Waals surface area (Å²) in [7, 11) is 0. The van der Waals surface area contributed by atoms with Gasteiger partial charge in [-0.2, -0.15) is 5.26 Å². The van der Waals surface area contributed by atoms with Gasteiger partial charge < -0.3 is 10.2 Å². The van der Waals surface area contributed by atoms with Crippen LogP contribution in [0.5, 0.6) is 0 Å². The van der Waals surface area contributed by atoms with E-state index in [4.69, 9.17) is 23.2 Å². The minimum absolute atomic E-state index is 0.127. The van der Waals surface area contributed by atoms with Crippen molar-refractivity contribution in [1.29, 1.82) is 5.26 Å². The molecule has 1 fully saturated rings. The molecule has 1 N–H and O–H groups in total. The minimum atomic E-state index is -0.127. The summed E-state index contributed by atoms with van der Waals surface area (Å²) in [6.45, 7) is 3.12. The topological polar surface area (TPSA) is 72.3 Å². The Bertz CT molecular complexity index is 844. The number of aromatic nitrogens is 1. The van der Waals surface area contributed by atoms with Crippen molar-refractivity contribution in [2.75, 3.05) is 42.9 Å². The Hall–Kier alpha value is -2.33. The first-order valence-corrected chi connectivity index (χ1v) is 8.90. The highest BCUT2D eigenvalue weighted by Gasteiger charge is 2.21. The molecule has 8 heteroatoms. The number of benzene rings is 1. The van der Waals surface area contributed by atoms with E-state index in [0.29, 0.717) is 53.3 Å². The summed E-state index contributed by atoms with van der Waals surface area (Å²) in [5.74, 6) is 0.574. The lowest BCUT2D eigenvalue weighted by Gasteiger charge is -2.35.